The Morgan fingerprint density at radius 3 is 2.00 bits per heavy atom. The van der Waals surface area contributed by atoms with E-state index in [-0.39, 0.29) is 16.9 Å². The summed E-state index contributed by atoms with van der Waals surface area (Å²) in [6, 6.07) is 19.8. The second-order valence-electron chi connectivity index (χ2n) is 6.94. The van der Waals surface area contributed by atoms with Crippen LogP contribution in [0.5, 0.6) is 0 Å². The Morgan fingerprint density at radius 2 is 1.42 bits per heavy atom. The maximum Gasteiger partial charge on any atom is 0.335 e. The normalized spacial score (nSPS) is 17.7. The standard InChI is InChI=1S/C24H16ClNO5/c25-17-10-6-14(7-11-17)20-19(21(27)15-4-2-1-3-5-15)22(28)23(29)26(20)18-12-8-16(9-13-18)24(30)31/h1-13,20,27H,(H,30,31). The minimum Gasteiger partial charge on any atom is -0.507 e. The fourth-order valence-electron chi connectivity index (χ4n) is 3.58. The number of hydrogen-bond donors (Lipinski definition) is 2. The van der Waals surface area contributed by atoms with Crippen molar-refractivity contribution >= 4 is 40.7 Å². The van der Waals surface area contributed by atoms with Gasteiger partial charge in [0, 0.05) is 16.3 Å². The maximum atomic E-state index is 13.0. The van der Waals surface area contributed by atoms with Gasteiger partial charge in [0.1, 0.15) is 5.76 Å². The van der Waals surface area contributed by atoms with Crippen LogP contribution in [0.4, 0.5) is 5.69 Å². The number of aromatic carboxylic acids is 1. The smallest absolute Gasteiger partial charge is 0.335 e. The number of nitrogens with zero attached hydrogens (tertiary/aromatic N) is 1. The third-order valence-electron chi connectivity index (χ3n) is 5.07. The lowest BCUT2D eigenvalue weighted by atomic mass is 9.95. The molecule has 1 aliphatic rings. The zero-order valence-corrected chi connectivity index (χ0v) is 16.8. The summed E-state index contributed by atoms with van der Waals surface area (Å²) in [5.41, 5.74) is 1.30. The predicted molar refractivity (Wildman–Crippen MR) is 116 cm³/mol. The van der Waals surface area contributed by atoms with E-state index in [1.54, 1.807) is 54.6 Å². The summed E-state index contributed by atoms with van der Waals surface area (Å²) in [4.78, 5) is 38.4. The average molecular weight is 434 g/mol. The number of carbonyl (C=O) groups is 3. The molecule has 1 heterocycles. The van der Waals surface area contributed by atoms with Gasteiger partial charge >= 0.3 is 5.97 Å². The summed E-state index contributed by atoms with van der Waals surface area (Å²) in [5, 5.41) is 20.6. The summed E-state index contributed by atoms with van der Waals surface area (Å²) in [7, 11) is 0. The van der Waals surface area contributed by atoms with Gasteiger partial charge in [0.2, 0.25) is 0 Å². The van der Waals surface area contributed by atoms with E-state index < -0.39 is 23.7 Å². The molecule has 3 aromatic carbocycles. The van der Waals surface area contributed by atoms with Gasteiger partial charge in [-0.15, -0.1) is 0 Å². The topological polar surface area (TPSA) is 94.9 Å². The van der Waals surface area contributed by atoms with Crippen molar-refractivity contribution in [1.82, 2.24) is 0 Å². The molecule has 2 N–H and O–H groups in total. The number of carboxylic acids is 1. The van der Waals surface area contributed by atoms with Gasteiger partial charge < -0.3 is 10.2 Å². The fraction of sp³-hybridized carbons (Fsp3) is 0.0417. The SMILES string of the molecule is O=C1C(=O)N(c2ccc(C(=O)O)cc2)C(c2ccc(Cl)cc2)C1=C(O)c1ccccc1. The van der Waals surface area contributed by atoms with E-state index in [4.69, 9.17) is 16.7 Å². The zero-order valence-electron chi connectivity index (χ0n) is 16.0. The first kappa shape index (κ1) is 20.4. The molecule has 1 saturated heterocycles. The highest BCUT2D eigenvalue weighted by Crippen LogP contribution is 2.42. The Labute approximate surface area is 182 Å². The van der Waals surface area contributed by atoms with E-state index in [0.717, 1.165) is 0 Å². The second-order valence-corrected chi connectivity index (χ2v) is 7.38. The van der Waals surface area contributed by atoms with Crippen LogP contribution in [-0.2, 0) is 9.59 Å². The van der Waals surface area contributed by atoms with Gasteiger partial charge in [-0.05, 0) is 42.0 Å². The van der Waals surface area contributed by atoms with Crippen LogP contribution in [0.2, 0.25) is 5.02 Å². The lowest BCUT2D eigenvalue weighted by Gasteiger charge is -2.25. The molecule has 154 valence electrons. The number of Topliss-reactive ketones (excluding diaryl/α,β-unsaturated/α-hetero) is 1. The third-order valence-corrected chi connectivity index (χ3v) is 5.32. The Bertz CT molecular complexity index is 1200. The van der Waals surface area contributed by atoms with Crippen LogP contribution in [0.1, 0.15) is 27.5 Å². The molecule has 1 fully saturated rings. The summed E-state index contributed by atoms with van der Waals surface area (Å²) in [6.07, 6.45) is 0. The number of carbonyl (C=O) groups excluding carboxylic acids is 2. The van der Waals surface area contributed by atoms with E-state index in [1.807, 2.05) is 0 Å². The second kappa shape index (κ2) is 8.08. The van der Waals surface area contributed by atoms with E-state index in [2.05, 4.69) is 0 Å². The molecule has 0 aromatic heterocycles. The van der Waals surface area contributed by atoms with Crippen molar-refractivity contribution in [3.63, 3.8) is 0 Å². The number of rotatable bonds is 4. The first-order chi connectivity index (χ1) is 14.9. The average Bonchev–Trinajstić information content (AvgIpc) is 3.05. The van der Waals surface area contributed by atoms with Crippen LogP contribution in [0.25, 0.3) is 5.76 Å². The van der Waals surface area contributed by atoms with Crippen LogP contribution in [0, 0.1) is 0 Å². The Hall–Kier alpha value is -3.90. The van der Waals surface area contributed by atoms with Crippen LogP contribution in [-0.4, -0.2) is 27.9 Å². The zero-order chi connectivity index (χ0) is 22.1. The van der Waals surface area contributed by atoms with Gasteiger partial charge in [-0.25, -0.2) is 4.79 Å². The van der Waals surface area contributed by atoms with Gasteiger partial charge in [0.15, 0.2) is 0 Å². The molecule has 0 aliphatic carbocycles. The number of carboxylic acid groups (broad SMARTS) is 1. The van der Waals surface area contributed by atoms with Crippen LogP contribution in [0.3, 0.4) is 0 Å². The molecule has 6 nitrogen and oxygen atoms in total. The molecular weight excluding hydrogens is 418 g/mol. The van der Waals surface area contributed by atoms with Crippen molar-refractivity contribution in [3.8, 4) is 0 Å². The van der Waals surface area contributed by atoms with Gasteiger partial charge in [-0.2, -0.15) is 0 Å². The van der Waals surface area contributed by atoms with Gasteiger partial charge in [0.05, 0.1) is 17.2 Å². The Balaban J connectivity index is 1.91. The number of ketones is 1. The number of aliphatic hydroxyl groups is 1. The van der Waals surface area contributed by atoms with Crippen molar-refractivity contribution in [3.05, 3.63) is 106 Å². The van der Waals surface area contributed by atoms with Crippen molar-refractivity contribution in [2.24, 2.45) is 0 Å². The van der Waals surface area contributed by atoms with Crippen LogP contribution >= 0.6 is 11.6 Å². The Morgan fingerprint density at radius 1 is 0.806 bits per heavy atom. The first-order valence-corrected chi connectivity index (χ1v) is 9.71. The lowest BCUT2D eigenvalue weighted by molar-refractivity contribution is -0.132. The highest BCUT2D eigenvalue weighted by atomic mass is 35.5. The molecule has 1 amide bonds. The summed E-state index contributed by atoms with van der Waals surface area (Å²) in [5.74, 6) is -3.04. The minimum absolute atomic E-state index is 0.0488. The number of amides is 1. The number of anilines is 1. The van der Waals surface area contributed by atoms with Crippen molar-refractivity contribution in [1.29, 1.82) is 0 Å². The van der Waals surface area contributed by atoms with Crippen LogP contribution < -0.4 is 4.90 Å². The highest BCUT2D eigenvalue weighted by Gasteiger charge is 2.46. The molecule has 0 spiro atoms. The minimum atomic E-state index is -1.10. The molecule has 0 bridgehead atoms. The lowest BCUT2D eigenvalue weighted by Crippen LogP contribution is -2.29. The van der Waals surface area contributed by atoms with Gasteiger partial charge in [0.25, 0.3) is 11.7 Å². The molecule has 0 saturated carbocycles. The van der Waals surface area contributed by atoms with Gasteiger partial charge in [-0.3, -0.25) is 14.5 Å². The maximum absolute atomic E-state index is 13.0. The van der Waals surface area contributed by atoms with Crippen LogP contribution in [0.15, 0.2) is 84.4 Å². The van der Waals surface area contributed by atoms with E-state index >= 15 is 0 Å². The molecule has 1 unspecified atom stereocenters. The highest BCUT2D eigenvalue weighted by molar-refractivity contribution is 6.51. The van der Waals surface area contributed by atoms with Crippen molar-refractivity contribution in [2.75, 3.05) is 4.90 Å². The first-order valence-electron chi connectivity index (χ1n) is 9.33. The number of halogens is 1. The molecular formula is C24H16ClNO5. The molecule has 31 heavy (non-hydrogen) atoms. The molecule has 0 radical (unpaired) electrons. The van der Waals surface area contributed by atoms with Crippen molar-refractivity contribution < 1.29 is 24.6 Å². The number of benzene rings is 3. The molecule has 1 atom stereocenters. The van der Waals surface area contributed by atoms with Gasteiger partial charge in [-0.1, -0.05) is 54.1 Å². The quantitative estimate of drug-likeness (QED) is 0.354. The molecule has 7 heteroatoms. The summed E-state index contributed by atoms with van der Waals surface area (Å²) in [6.45, 7) is 0. The predicted octanol–water partition coefficient (Wildman–Crippen LogP) is 4.66. The number of hydrogen-bond acceptors (Lipinski definition) is 4. The van der Waals surface area contributed by atoms with E-state index in [9.17, 15) is 19.5 Å². The third kappa shape index (κ3) is 3.69. The molecule has 1 aliphatic heterocycles. The van der Waals surface area contributed by atoms with E-state index in [0.29, 0.717) is 21.8 Å². The monoisotopic (exact) mass is 433 g/mol. The largest absolute Gasteiger partial charge is 0.507 e. The number of aliphatic hydroxyl groups excluding tert-OH is 1. The summed E-state index contributed by atoms with van der Waals surface area (Å²) >= 11 is 6.01. The Kier molecular flexibility index (Phi) is 5.31. The van der Waals surface area contributed by atoms with Crippen molar-refractivity contribution in [2.45, 2.75) is 6.04 Å². The van der Waals surface area contributed by atoms with E-state index in [1.165, 1.54) is 29.2 Å². The fourth-order valence-corrected chi connectivity index (χ4v) is 3.70. The molecule has 4 rings (SSSR count). The molecule has 3 aromatic rings. The summed E-state index contributed by atoms with van der Waals surface area (Å²) < 4.78 is 0.